The summed E-state index contributed by atoms with van der Waals surface area (Å²) in [6, 6.07) is 23.7. The van der Waals surface area contributed by atoms with E-state index >= 15 is 0 Å². The minimum atomic E-state index is -0.947. The van der Waals surface area contributed by atoms with Crippen LogP contribution in [0.2, 0.25) is 0 Å². The Hall–Kier alpha value is -3.80. The first-order chi connectivity index (χ1) is 15.0. The van der Waals surface area contributed by atoms with E-state index in [9.17, 15) is 9.59 Å². The average Bonchev–Trinajstić information content (AvgIpc) is 2.82. The quantitative estimate of drug-likeness (QED) is 0.504. The highest BCUT2D eigenvalue weighted by atomic mass is 16.5. The zero-order valence-corrected chi connectivity index (χ0v) is 17.8. The molecule has 1 atom stereocenters. The fourth-order valence-corrected chi connectivity index (χ4v) is 2.98. The third-order valence-electron chi connectivity index (χ3n) is 4.74. The Morgan fingerprint density at radius 2 is 1.55 bits per heavy atom. The Bertz CT molecular complexity index is 1020. The van der Waals surface area contributed by atoms with Gasteiger partial charge in [0.25, 0.3) is 5.91 Å². The van der Waals surface area contributed by atoms with Crippen LogP contribution < -0.4 is 14.4 Å². The lowest BCUT2D eigenvalue weighted by Crippen LogP contribution is -2.37. The number of carbonyl (C=O) groups is 2. The Kier molecular flexibility index (Phi) is 7.27. The van der Waals surface area contributed by atoms with Crippen molar-refractivity contribution in [3.63, 3.8) is 0 Å². The van der Waals surface area contributed by atoms with Gasteiger partial charge < -0.3 is 19.1 Å². The van der Waals surface area contributed by atoms with Crippen molar-refractivity contribution >= 4 is 17.6 Å². The first-order valence-corrected chi connectivity index (χ1v) is 9.88. The van der Waals surface area contributed by atoms with Crippen molar-refractivity contribution in [2.45, 2.75) is 19.6 Å². The molecule has 3 rings (SSSR count). The third-order valence-corrected chi connectivity index (χ3v) is 4.74. The molecule has 0 spiro atoms. The number of hydrogen-bond acceptors (Lipinski definition) is 5. The summed E-state index contributed by atoms with van der Waals surface area (Å²) in [5.74, 6) is -0.0221. The summed E-state index contributed by atoms with van der Waals surface area (Å²) in [5, 5.41) is 0. The van der Waals surface area contributed by atoms with E-state index in [1.807, 2.05) is 60.7 Å². The van der Waals surface area contributed by atoms with Gasteiger partial charge in [0.05, 0.1) is 12.7 Å². The molecule has 0 N–H and O–H groups in total. The highest BCUT2D eigenvalue weighted by Crippen LogP contribution is 2.29. The van der Waals surface area contributed by atoms with Gasteiger partial charge in [-0.3, -0.25) is 4.79 Å². The standard InChI is InChI=1S/C25H25NO5/c1-18(24(27)26(2)21-12-8-5-9-13-21)31-25(28)20-14-15-22(23(16-20)29-3)30-17-19-10-6-4-7-11-19/h4-16,18H,17H2,1-3H3/t18-/m0/s1. The van der Waals surface area contributed by atoms with Crippen LogP contribution in [-0.2, 0) is 16.1 Å². The number of rotatable bonds is 8. The second-order valence-electron chi connectivity index (χ2n) is 6.92. The summed E-state index contributed by atoms with van der Waals surface area (Å²) in [6.07, 6.45) is -0.947. The van der Waals surface area contributed by atoms with Gasteiger partial charge in [-0.05, 0) is 42.8 Å². The number of hydrogen-bond donors (Lipinski definition) is 0. The lowest BCUT2D eigenvalue weighted by atomic mass is 10.2. The Morgan fingerprint density at radius 1 is 0.903 bits per heavy atom. The number of methoxy groups -OCH3 is 1. The van der Waals surface area contributed by atoms with Gasteiger partial charge in [0, 0.05) is 12.7 Å². The van der Waals surface area contributed by atoms with Gasteiger partial charge in [0.1, 0.15) is 6.61 Å². The van der Waals surface area contributed by atoms with Crippen molar-refractivity contribution in [3.8, 4) is 11.5 Å². The van der Waals surface area contributed by atoms with E-state index in [-0.39, 0.29) is 11.5 Å². The summed E-state index contributed by atoms with van der Waals surface area (Å²) in [7, 11) is 3.14. The maximum absolute atomic E-state index is 12.6. The van der Waals surface area contributed by atoms with Crippen LogP contribution >= 0.6 is 0 Å². The highest BCUT2D eigenvalue weighted by Gasteiger charge is 2.23. The monoisotopic (exact) mass is 419 g/mol. The summed E-state index contributed by atoms with van der Waals surface area (Å²) in [4.78, 5) is 26.7. The normalized spacial score (nSPS) is 11.3. The van der Waals surface area contributed by atoms with Crippen molar-refractivity contribution < 1.29 is 23.8 Å². The summed E-state index contributed by atoms with van der Waals surface area (Å²) >= 11 is 0. The van der Waals surface area contributed by atoms with Gasteiger partial charge in [0.15, 0.2) is 17.6 Å². The number of amides is 1. The third kappa shape index (κ3) is 5.63. The van der Waals surface area contributed by atoms with E-state index in [0.717, 1.165) is 11.3 Å². The molecule has 0 unspecified atom stereocenters. The lowest BCUT2D eigenvalue weighted by molar-refractivity contribution is -0.126. The number of benzene rings is 3. The van der Waals surface area contributed by atoms with Gasteiger partial charge in [-0.15, -0.1) is 0 Å². The molecule has 0 saturated carbocycles. The Balaban J connectivity index is 1.65. The Morgan fingerprint density at radius 3 is 2.19 bits per heavy atom. The molecular formula is C25H25NO5. The van der Waals surface area contributed by atoms with E-state index in [2.05, 4.69) is 0 Å². The molecule has 0 bridgehead atoms. The van der Waals surface area contributed by atoms with Crippen molar-refractivity contribution in [2.75, 3.05) is 19.1 Å². The van der Waals surface area contributed by atoms with Gasteiger partial charge in [-0.1, -0.05) is 48.5 Å². The zero-order chi connectivity index (χ0) is 22.2. The number of para-hydroxylation sites is 1. The predicted octanol–water partition coefficient (Wildman–Crippen LogP) is 4.48. The molecule has 0 aliphatic carbocycles. The number of likely N-dealkylation sites (N-methyl/N-ethyl adjacent to an activating group) is 1. The summed E-state index contributed by atoms with van der Waals surface area (Å²) in [5.41, 5.74) is 2.01. The fraction of sp³-hybridized carbons (Fsp3) is 0.200. The molecule has 3 aromatic rings. The molecule has 0 aliphatic rings. The average molecular weight is 419 g/mol. The van der Waals surface area contributed by atoms with Gasteiger partial charge in [-0.25, -0.2) is 4.79 Å². The first kappa shape index (κ1) is 21.9. The number of nitrogens with zero attached hydrogens (tertiary/aromatic N) is 1. The second kappa shape index (κ2) is 10.3. The Labute approximate surface area is 182 Å². The molecule has 0 heterocycles. The van der Waals surface area contributed by atoms with Gasteiger partial charge in [-0.2, -0.15) is 0 Å². The molecule has 0 radical (unpaired) electrons. The van der Waals surface area contributed by atoms with Crippen LogP contribution in [0.15, 0.2) is 78.9 Å². The minimum Gasteiger partial charge on any atom is -0.493 e. The smallest absolute Gasteiger partial charge is 0.339 e. The van der Waals surface area contributed by atoms with Crippen LogP contribution in [0.4, 0.5) is 5.69 Å². The van der Waals surface area contributed by atoms with Crippen molar-refractivity contribution in [2.24, 2.45) is 0 Å². The topological polar surface area (TPSA) is 65.1 Å². The zero-order valence-electron chi connectivity index (χ0n) is 17.8. The molecule has 0 saturated heterocycles. The van der Waals surface area contributed by atoms with Crippen LogP contribution in [0.5, 0.6) is 11.5 Å². The molecule has 0 fully saturated rings. The van der Waals surface area contributed by atoms with Gasteiger partial charge in [0.2, 0.25) is 0 Å². The molecule has 160 valence electrons. The number of carbonyl (C=O) groups excluding carboxylic acids is 2. The SMILES string of the molecule is COc1cc(C(=O)O[C@@H](C)C(=O)N(C)c2ccccc2)ccc1OCc1ccccc1. The van der Waals surface area contributed by atoms with Crippen LogP contribution in [0, 0.1) is 0 Å². The summed E-state index contributed by atoms with van der Waals surface area (Å²) < 4.78 is 16.6. The number of anilines is 1. The van der Waals surface area contributed by atoms with Crippen molar-refractivity contribution in [1.29, 1.82) is 0 Å². The molecule has 0 aliphatic heterocycles. The van der Waals surface area contributed by atoms with Crippen LogP contribution in [-0.4, -0.2) is 32.1 Å². The number of ether oxygens (including phenoxy) is 3. The van der Waals surface area contributed by atoms with E-state index < -0.39 is 12.1 Å². The maximum atomic E-state index is 12.6. The highest BCUT2D eigenvalue weighted by molar-refractivity contribution is 5.98. The van der Waals surface area contributed by atoms with Crippen LogP contribution in [0.1, 0.15) is 22.8 Å². The van der Waals surface area contributed by atoms with Crippen LogP contribution in [0.3, 0.4) is 0 Å². The number of esters is 1. The van der Waals surface area contributed by atoms with E-state index in [1.165, 1.54) is 12.0 Å². The first-order valence-electron chi connectivity index (χ1n) is 9.88. The predicted molar refractivity (Wildman–Crippen MR) is 118 cm³/mol. The largest absolute Gasteiger partial charge is 0.493 e. The molecule has 31 heavy (non-hydrogen) atoms. The molecule has 6 heteroatoms. The van der Waals surface area contributed by atoms with Gasteiger partial charge >= 0.3 is 5.97 Å². The van der Waals surface area contributed by atoms with E-state index in [1.54, 1.807) is 32.2 Å². The lowest BCUT2D eigenvalue weighted by Gasteiger charge is -2.21. The fourth-order valence-electron chi connectivity index (χ4n) is 2.98. The van der Waals surface area contributed by atoms with E-state index in [4.69, 9.17) is 14.2 Å². The maximum Gasteiger partial charge on any atom is 0.339 e. The van der Waals surface area contributed by atoms with E-state index in [0.29, 0.717) is 18.1 Å². The molecule has 3 aromatic carbocycles. The molecule has 6 nitrogen and oxygen atoms in total. The molecular weight excluding hydrogens is 394 g/mol. The molecule has 0 aromatic heterocycles. The van der Waals surface area contributed by atoms with Crippen LogP contribution in [0.25, 0.3) is 0 Å². The minimum absolute atomic E-state index is 0.269. The second-order valence-corrected chi connectivity index (χ2v) is 6.92. The van der Waals surface area contributed by atoms with Crippen molar-refractivity contribution in [1.82, 2.24) is 0 Å². The van der Waals surface area contributed by atoms with Crippen molar-refractivity contribution in [3.05, 3.63) is 90.0 Å². The molecule has 1 amide bonds. The summed E-state index contributed by atoms with van der Waals surface area (Å²) in [6.45, 7) is 1.92.